The van der Waals surface area contributed by atoms with Crippen molar-refractivity contribution in [1.29, 1.82) is 0 Å². The molecule has 1 aromatic rings. The Hall–Kier alpha value is -0.430. The van der Waals surface area contributed by atoms with Gasteiger partial charge >= 0.3 is 0 Å². The Balaban J connectivity index is 3.15. The fourth-order valence-corrected chi connectivity index (χ4v) is 1.39. The standard InChI is InChI=1S/C9H14ClN/c1-9(2,3)7-5-6-8(10)11(7)4/h5-6H,1-4H3. The van der Waals surface area contributed by atoms with Crippen molar-refractivity contribution in [2.45, 2.75) is 26.2 Å². The zero-order chi connectivity index (χ0) is 8.65. The third-order valence-electron chi connectivity index (χ3n) is 1.83. The van der Waals surface area contributed by atoms with Crippen LogP contribution < -0.4 is 0 Å². The fourth-order valence-electron chi connectivity index (χ4n) is 1.24. The van der Waals surface area contributed by atoms with Crippen molar-refractivity contribution in [3.8, 4) is 0 Å². The highest BCUT2D eigenvalue weighted by Gasteiger charge is 2.17. The Bertz CT molecular complexity index is 255. The van der Waals surface area contributed by atoms with Gasteiger partial charge in [0.2, 0.25) is 0 Å². The summed E-state index contributed by atoms with van der Waals surface area (Å²) in [5, 5.41) is 0.801. The van der Waals surface area contributed by atoms with Gasteiger partial charge in [0, 0.05) is 18.2 Å². The Morgan fingerprint density at radius 2 is 1.82 bits per heavy atom. The first-order chi connectivity index (χ1) is 4.93. The molecule has 62 valence electrons. The molecule has 11 heavy (non-hydrogen) atoms. The van der Waals surface area contributed by atoms with E-state index in [1.807, 2.05) is 17.7 Å². The first-order valence-electron chi connectivity index (χ1n) is 3.74. The Morgan fingerprint density at radius 3 is 2.00 bits per heavy atom. The monoisotopic (exact) mass is 171 g/mol. The summed E-state index contributed by atoms with van der Waals surface area (Å²) in [6.45, 7) is 6.54. The van der Waals surface area contributed by atoms with Gasteiger partial charge in [0.15, 0.2) is 0 Å². The van der Waals surface area contributed by atoms with E-state index in [1.165, 1.54) is 5.69 Å². The highest BCUT2D eigenvalue weighted by atomic mass is 35.5. The summed E-state index contributed by atoms with van der Waals surface area (Å²) >= 11 is 5.90. The van der Waals surface area contributed by atoms with Crippen LogP contribution in [0.15, 0.2) is 12.1 Å². The lowest BCUT2D eigenvalue weighted by Gasteiger charge is -2.19. The second-order valence-corrected chi connectivity index (χ2v) is 4.24. The second kappa shape index (κ2) is 2.56. The number of hydrogen-bond acceptors (Lipinski definition) is 0. The van der Waals surface area contributed by atoms with Gasteiger partial charge in [-0.1, -0.05) is 32.4 Å². The predicted molar refractivity (Wildman–Crippen MR) is 49.1 cm³/mol. The van der Waals surface area contributed by atoms with Gasteiger partial charge in [0.25, 0.3) is 0 Å². The molecule has 0 fully saturated rings. The first kappa shape index (κ1) is 8.66. The van der Waals surface area contributed by atoms with E-state index in [4.69, 9.17) is 11.6 Å². The molecule has 0 aliphatic carbocycles. The summed E-state index contributed by atoms with van der Waals surface area (Å²) in [5.41, 5.74) is 1.45. The quantitative estimate of drug-likeness (QED) is 0.566. The highest BCUT2D eigenvalue weighted by molar-refractivity contribution is 6.29. The van der Waals surface area contributed by atoms with Gasteiger partial charge in [-0.2, -0.15) is 0 Å². The lowest BCUT2D eigenvalue weighted by molar-refractivity contribution is 0.543. The van der Waals surface area contributed by atoms with Crippen molar-refractivity contribution in [2.75, 3.05) is 0 Å². The third-order valence-corrected chi connectivity index (χ3v) is 2.21. The van der Waals surface area contributed by atoms with Crippen molar-refractivity contribution in [2.24, 2.45) is 7.05 Å². The Kier molecular flexibility index (Phi) is 2.02. The van der Waals surface area contributed by atoms with E-state index in [9.17, 15) is 0 Å². The molecule has 1 aromatic heterocycles. The summed E-state index contributed by atoms with van der Waals surface area (Å²) in [5.74, 6) is 0. The van der Waals surface area contributed by atoms with Crippen LogP contribution in [0.3, 0.4) is 0 Å². The van der Waals surface area contributed by atoms with E-state index in [0.29, 0.717) is 0 Å². The zero-order valence-electron chi connectivity index (χ0n) is 7.48. The maximum absolute atomic E-state index is 5.90. The van der Waals surface area contributed by atoms with Crippen LogP contribution >= 0.6 is 11.6 Å². The van der Waals surface area contributed by atoms with Crippen LogP contribution in [0.5, 0.6) is 0 Å². The summed E-state index contributed by atoms with van der Waals surface area (Å²) in [6.07, 6.45) is 0. The molecule has 0 saturated carbocycles. The molecule has 0 spiro atoms. The van der Waals surface area contributed by atoms with E-state index in [1.54, 1.807) is 0 Å². The first-order valence-corrected chi connectivity index (χ1v) is 4.12. The molecule has 0 radical (unpaired) electrons. The second-order valence-electron chi connectivity index (χ2n) is 3.85. The topological polar surface area (TPSA) is 4.93 Å². The van der Waals surface area contributed by atoms with Crippen molar-refractivity contribution in [3.05, 3.63) is 23.0 Å². The number of aromatic nitrogens is 1. The minimum Gasteiger partial charge on any atom is -0.338 e. The van der Waals surface area contributed by atoms with Gasteiger partial charge in [0.05, 0.1) is 0 Å². The van der Waals surface area contributed by atoms with Crippen LogP contribution in [0.4, 0.5) is 0 Å². The summed E-state index contributed by atoms with van der Waals surface area (Å²) < 4.78 is 2.02. The molecule has 0 amide bonds. The number of rotatable bonds is 0. The van der Waals surface area contributed by atoms with Crippen LogP contribution in [0.25, 0.3) is 0 Å². The Labute approximate surface area is 73.0 Å². The van der Waals surface area contributed by atoms with Crippen LogP contribution in [-0.4, -0.2) is 4.57 Å². The summed E-state index contributed by atoms with van der Waals surface area (Å²) in [7, 11) is 1.99. The average Bonchev–Trinajstić information content (AvgIpc) is 2.11. The van der Waals surface area contributed by atoms with Crippen LogP contribution in [-0.2, 0) is 12.5 Å². The molecule has 1 nitrogen and oxygen atoms in total. The summed E-state index contributed by atoms with van der Waals surface area (Å²) in [4.78, 5) is 0. The van der Waals surface area contributed by atoms with E-state index in [0.717, 1.165) is 5.15 Å². The number of halogens is 1. The average molecular weight is 172 g/mol. The largest absolute Gasteiger partial charge is 0.338 e. The molecule has 0 aromatic carbocycles. The molecular weight excluding hydrogens is 158 g/mol. The van der Waals surface area contributed by atoms with Crippen molar-refractivity contribution in [1.82, 2.24) is 4.57 Å². The molecule has 0 bridgehead atoms. The van der Waals surface area contributed by atoms with Gasteiger partial charge < -0.3 is 4.57 Å². The highest BCUT2D eigenvalue weighted by Crippen LogP contribution is 2.25. The number of nitrogens with zero attached hydrogens (tertiary/aromatic N) is 1. The maximum Gasteiger partial charge on any atom is 0.108 e. The lowest BCUT2D eigenvalue weighted by Crippen LogP contribution is -2.15. The van der Waals surface area contributed by atoms with Crippen molar-refractivity contribution < 1.29 is 0 Å². The minimum absolute atomic E-state index is 0.182. The van der Waals surface area contributed by atoms with Crippen molar-refractivity contribution in [3.63, 3.8) is 0 Å². The molecule has 0 saturated heterocycles. The van der Waals surface area contributed by atoms with E-state index < -0.39 is 0 Å². The van der Waals surface area contributed by atoms with Crippen molar-refractivity contribution >= 4 is 11.6 Å². The molecule has 0 aliphatic heterocycles. The number of hydrogen-bond donors (Lipinski definition) is 0. The van der Waals surface area contributed by atoms with Gasteiger partial charge in [-0.25, -0.2) is 0 Å². The Morgan fingerprint density at radius 1 is 1.27 bits per heavy atom. The third kappa shape index (κ3) is 1.59. The van der Waals surface area contributed by atoms with Gasteiger partial charge in [-0.15, -0.1) is 0 Å². The van der Waals surface area contributed by atoms with Crippen LogP contribution in [0, 0.1) is 0 Å². The lowest BCUT2D eigenvalue weighted by atomic mass is 9.92. The van der Waals surface area contributed by atoms with E-state index >= 15 is 0 Å². The normalized spacial score (nSPS) is 12.1. The van der Waals surface area contributed by atoms with Crippen LogP contribution in [0.2, 0.25) is 5.15 Å². The smallest absolute Gasteiger partial charge is 0.108 e. The minimum atomic E-state index is 0.182. The molecule has 0 N–H and O–H groups in total. The fraction of sp³-hybridized carbons (Fsp3) is 0.556. The van der Waals surface area contributed by atoms with Gasteiger partial charge in [-0.3, -0.25) is 0 Å². The van der Waals surface area contributed by atoms with Gasteiger partial charge in [-0.05, 0) is 12.1 Å². The summed E-state index contributed by atoms with van der Waals surface area (Å²) in [6, 6.07) is 4.00. The SMILES string of the molecule is Cn1c(Cl)ccc1C(C)(C)C. The molecule has 1 rings (SSSR count). The van der Waals surface area contributed by atoms with Crippen LogP contribution in [0.1, 0.15) is 26.5 Å². The predicted octanol–water partition coefficient (Wildman–Crippen LogP) is 2.98. The molecule has 0 atom stereocenters. The van der Waals surface area contributed by atoms with E-state index in [2.05, 4.69) is 26.8 Å². The van der Waals surface area contributed by atoms with E-state index in [-0.39, 0.29) is 5.41 Å². The zero-order valence-corrected chi connectivity index (χ0v) is 8.24. The molecular formula is C9H14ClN. The maximum atomic E-state index is 5.90. The van der Waals surface area contributed by atoms with Gasteiger partial charge in [0.1, 0.15) is 5.15 Å². The molecule has 1 heterocycles. The molecule has 0 aliphatic rings. The molecule has 2 heteroatoms. The molecule has 0 unspecified atom stereocenters.